The standard InChI is InChI=1S/C27H42N2O3/c1-3-20-32-23-29(22-26-14-8-9-15-27(26)31)18-17-28(16-10-4-5-11-19-30)21-25-13-7-6-12-24(25)2/h6-9,12-15,30-31H,3-5,10-11,16-23H2,1-2H3. The topological polar surface area (TPSA) is 56.2 Å². The molecule has 0 spiro atoms. The number of para-hydroxylation sites is 1. The Morgan fingerprint density at radius 2 is 1.44 bits per heavy atom. The van der Waals surface area contributed by atoms with Gasteiger partial charge >= 0.3 is 0 Å². The number of aliphatic hydroxyl groups is 1. The average molecular weight is 443 g/mol. The minimum atomic E-state index is 0.284. The molecule has 0 amide bonds. The summed E-state index contributed by atoms with van der Waals surface area (Å²) in [5.41, 5.74) is 3.63. The van der Waals surface area contributed by atoms with E-state index in [0.717, 1.165) is 70.5 Å². The van der Waals surface area contributed by atoms with Gasteiger partial charge in [-0.15, -0.1) is 0 Å². The van der Waals surface area contributed by atoms with E-state index in [1.54, 1.807) is 6.07 Å². The summed E-state index contributed by atoms with van der Waals surface area (Å²) in [4.78, 5) is 4.81. The molecule has 0 saturated heterocycles. The van der Waals surface area contributed by atoms with Crippen molar-refractivity contribution in [2.45, 2.75) is 59.0 Å². The molecule has 0 saturated carbocycles. The van der Waals surface area contributed by atoms with E-state index < -0.39 is 0 Å². The van der Waals surface area contributed by atoms with Crippen LogP contribution in [0.2, 0.25) is 0 Å². The molecule has 178 valence electrons. The van der Waals surface area contributed by atoms with Gasteiger partial charge in [0, 0.05) is 45.0 Å². The van der Waals surface area contributed by atoms with Gasteiger partial charge < -0.3 is 14.9 Å². The second kappa shape index (κ2) is 15.8. The van der Waals surface area contributed by atoms with Crippen molar-refractivity contribution in [3.8, 4) is 5.75 Å². The molecule has 2 aromatic rings. The van der Waals surface area contributed by atoms with Gasteiger partial charge in [-0.3, -0.25) is 9.80 Å². The number of ether oxygens (including phenoxy) is 1. The minimum absolute atomic E-state index is 0.284. The highest BCUT2D eigenvalue weighted by atomic mass is 16.5. The largest absolute Gasteiger partial charge is 0.508 e. The highest BCUT2D eigenvalue weighted by Crippen LogP contribution is 2.18. The fraction of sp³-hybridized carbons (Fsp3) is 0.556. The summed E-state index contributed by atoms with van der Waals surface area (Å²) in [5, 5.41) is 19.3. The zero-order valence-corrected chi connectivity index (χ0v) is 20.0. The fourth-order valence-electron chi connectivity index (χ4n) is 3.79. The van der Waals surface area contributed by atoms with Crippen LogP contribution in [0.3, 0.4) is 0 Å². The van der Waals surface area contributed by atoms with Gasteiger partial charge in [-0.05, 0) is 49.9 Å². The number of nitrogens with zero attached hydrogens (tertiary/aromatic N) is 2. The lowest BCUT2D eigenvalue weighted by Crippen LogP contribution is -2.36. The predicted octanol–water partition coefficient (Wildman–Crippen LogP) is 4.94. The zero-order valence-electron chi connectivity index (χ0n) is 20.0. The van der Waals surface area contributed by atoms with E-state index in [2.05, 4.69) is 47.9 Å². The maximum Gasteiger partial charge on any atom is 0.120 e. The quantitative estimate of drug-likeness (QED) is 0.268. The molecule has 2 N–H and O–H groups in total. The van der Waals surface area contributed by atoms with Crippen LogP contribution in [0.1, 0.15) is 55.7 Å². The normalized spacial score (nSPS) is 11.5. The monoisotopic (exact) mass is 442 g/mol. The van der Waals surface area contributed by atoms with Gasteiger partial charge in [-0.25, -0.2) is 0 Å². The number of unbranched alkanes of at least 4 members (excludes halogenated alkanes) is 3. The van der Waals surface area contributed by atoms with E-state index >= 15 is 0 Å². The van der Waals surface area contributed by atoms with Crippen molar-refractivity contribution in [2.75, 3.05) is 39.6 Å². The van der Waals surface area contributed by atoms with Crippen molar-refractivity contribution in [3.05, 3.63) is 65.2 Å². The maximum absolute atomic E-state index is 10.2. The zero-order chi connectivity index (χ0) is 23.0. The van der Waals surface area contributed by atoms with Crippen LogP contribution in [-0.4, -0.2) is 59.6 Å². The van der Waals surface area contributed by atoms with Crippen molar-refractivity contribution >= 4 is 0 Å². The first-order valence-electron chi connectivity index (χ1n) is 12.1. The Kier molecular flexibility index (Phi) is 13.0. The summed E-state index contributed by atoms with van der Waals surface area (Å²) in [7, 11) is 0. The Morgan fingerprint density at radius 1 is 0.781 bits per heavy atom. The van der Waals surface area contributed by atoms with Gasteiger partial charge in [0.05, 0.1) is 6.73 Å². The number of phenolic OH excluding ortho intramolecular Hbond substituents is 1. The van der Waals surface area contributed by atoms with Gasteiger partial charge in [-0.1, -0.05) is 62.2 Å². The molecule has 0 aliphatic carbocycles. The molecule has 5 heteroatoms. The number of benzene rings is 2. The van der Waals surface area contributed by atoms with Gasteiger partial charge in [-0.2, -0.15) is 0 Å². The van der Waals surface area contributed by atoms with Gasteiger partial charge in [0.15, 0.2) is 0 Å². The first-order chi connectivity index (χ1) is 15.6. The molecule has 32 heavy (non-hydrogen) atoms. The van der Waals surface area contributed by atoms with Gasteiger partial charge in [0.1, 0.15) is 5.75 Å². The van der Waals surface area contributed by atoms with E-state index in [0.29, 0.717) is 19.0 Å². The molecule has 0 aromatic heterocycles. The Hall–Kier alpha value is -1.92. The van der Waals surface area contributed by atoms with Crippen LogP contribution in [0.15, 0.2) is 48.5 Å². The fourth-order valence-corrected chi connectivity index (χ4v) is 3.79. The number of rotatable bonds is 17. The summed E-state index contributed by atoms with van der Waals surface area (Å²) < 4.78 is 5.85. The van der Waals surface area contributed by atoms with Crippen molar-refractivity contribution in [1.29, 1.82) is 0 Å². The Balaban J connectivity index is 2.00. The molecular weight excluding hydrogens is 400 g/mol. The number of hydrogen-bond donors (Lipinski definition) is 2. The molecule has 0 bridgehead atoms. The molecule has 0 atom stereocenters. The first-order valence-corrected chi connectivity index (χ1v) is 12.1. The van der Waals surface area contributed by atoms with Gasteiger partial charge in [0.25, 0.3) is 0 Å². The Bertz CT molecular complexity index is 753. The van der Waals surface area contributed by atoms with Crippen LogP contribution in [0.25, 0.3) is 0 Å². The maximum atomic E-state index is 10.2. The van der Waals surface area contributed by atoms with Crippen LogP contribution in [0.4, 0.5) is 0 Å². The van der Waals surface area contributed by atoms with E-state index in [-0.39, 0.29) is 6.61 Å². The van der Waals surface area contributed by atoms with E-state index in [9.17, 15) is 5.11 Å². The average Bonchev–Trinajstić information content (AvgIpc) is 2.79. The lowest BCUT2D eigenvalue weighted by atomic mass is 10.1. The summed E-state index contributed by atoms with van der Waals surface area (Å²) in [6.07, 6.45) is 5.25. The summed E-state index contributed by atoms with van der Waals surface area (Å²) in [6.45, 7) is 10.4. The van der Waals surface area contributed by atoms with Crippen LogP contribution in [-0.2, 0) is 17.8 Å². The minimum Gasteiger partial charge on any atom is -0.508 e. The highest BCUT2D eigenvalue weighted by Gasteiger charge is 2.13. The number of phenols is 1. The second-order valence-corrected chi connectivity index (χ2v) is 8.56. The molecule has 5 nitrogen and oxygen atoms in total. The highest BCUT2D eigenvalue weighted by molar-refractivity contribution is 5.31. The lowest BCUT2D eigenvalue weighted by molar-refractivity contribution is 0.0184. The van der Waals surface area contributed by atoms with E-state index in [1.807, 2.05) is 18.2 Å². The van der Waals surface area contributed by atoms with Crippen molar-refractivity contribution < 1.29 is 14.9 Å². The SMILES string of the molecule is CCCOCN(CCN(CCCCCCO)Cc1ccccc1C)Cc1ccccc1O. The van der Waals surface area contributed by atoms with E-state index in [4.69, 9.17) is 9.84 Å². The Labute approximate surface area is 194 Å². The third-order valence-corrected chi connectivity index (χ3v) is 5.78. The summed E-state index contributed by atoms with van der Waals surface area (Å²) >= 11 is 0. The van der Waals surface area contributed by atoms with Crippen LogP contribution in [0, 0.1) is 6.92 Å². The lowest BCUT2D eigenvalue weighted by Gasteiger charge is -2.28. The first kappa shape index (κ1) is 26.3. The predicted molar refractivity (Wildman–Crippen MR) is 132 cm³/mol. The molecule has 0 aliphatic heterocycles. The summed E-state index contributed by atoms with van der Waals surface area (Å²) in [5.74, 6) is 0.341. The number of aryl methyl sites for hydroxylation is 1. The number of aromatic hydroxyl groups is 1. The molecule has 0 radical (unpaired) electrons. The number of aliphatic hydroxyl groups excluding tert-OH is 1. The van der Waals surface area contributed by atoms with Crippen molar-refractivity contribution in [2.24, 2.45) is 0 Å². The third-order valence-electron chi connectivity index (χ3n) is 5.78. The second-order valence-electron chi connectivity index (χ2n) is 8.56. The molecule has 0 fully saturated rings. The molecule has 0 heterocycles. The van der Waals surface area contributed by atoms with Crippen LogP contribution < -0.4 is 0 Å². The summed E-state index contributed by atoms with van der Waals surface area (Å²) in [6, 6.07) is 16.2. The van der Waals surface area contributed by atoms with Crippen molar-refractivity contribution in [3.63, 3.8) is 0 Å². The third kappa shape index (κ3) is 10.1. The van der Waals surface area contributed by atoms with Gasteiger partial charge in [0.2, 0.25) is 0 Å². The van der Waals surface area contributed by atoms with Crippen LogP contribution in [0.5, 0.6) is 5.75 Å². The van der Waals surface area contributed by atoms with E-state index in [1.165, 1.54) is 11.1 Å². The molecule has 2 aromatic carbocycles. The van der Waals surface area contributed by atoms with Crippen LogP contribution >= 0.6 is 0 Å². The van der Waals surface area contributed by atoms with Crippen molar-refractivity contribution in [1.82, 2.24) is 9.80 Å². The smallest absolute Gasteiger partial charge is 0.120 e. The molecule has 2 rings (SSSR count). The Morgan fingerprint density at radius 3 is 2.16 bits per heavy atom. The molecule has 0 unspecified atom stereocenters. The number of hydrogen-bond acceptors (Lipinski definition) is 5. The molecule has 0 aliphatic rings. The molecular formula is C27H42N2O3.